The summed E-state index contributed by atoms with van der Waals surface area (Å²) < 4.78 is 5.43. The third kappa shape index (κ3) is 3.19. The van der Waals surface area contributed by atoms with Crippen molar-refractivity contribution in [3.05, 3.63) is 11.4 Å². The molecule has 0 saturated carbocycles. The molecule has 0 unspecified atom stereocenters. The van der Waals surface area contributed by atoms with Gasteiger partial charge in [-0.1, -0.05) is 13.8 Å². The number of nitrogens with zero attached hydrogens (tertiary/aromatic N) is 2. The standard InChI is InChI=1S/C14H25N5O/c1-9(2)11-16-12(10(3)13(17-11)19-15)18-14(4)5-7-20-8-6-14/h9H,5-8,15H2,1-4H3,(H2,16,17,18,19). The number of hydrogen-bond donors (Lipinski definition) is 3. The van der Waals surface area contributed by atoms with Gasteiger partial charge < -0.3 is 15.5 Å². The van der Waals surface area contributed by atoms with Gasteiger partial charge >= 0.3 is 0 Å². The quantitative estimate of drug-likeness (QED) is 0.578. The minimum Gasteiger partial charge on any atom is -0.381 e. The Morgan fingerprint density at radius 3 is 2.35 bits per heavy atom. The third-order valence-electron chi connectivity index (χ3n) is 3.83. The van der Waals surface area contributed by atoms with E-state index in [0.29, 0.717) is 5.82 Å². The zero-order chi connectivity index (χ0) is 14.8. The van der Waals surface area contributed by atoms with E-state index in [-0.39, 0.29) is 11.5 Å². The second-order valence-electron chi connectivity index (χ2n) is 6.00. The fourth-order valence-electron chi connectivity index (χ4n) is 2.29. The highest BCUT2D eigenvalue weighted by molar-refractivity contribution is 5.57. The summed E-state index contributed by atoms with van der Waals surface area (Å²) in [6.45, 7) is 9.90. The molecule has 0 aliphatic carbocycles. The molecule has 1 aliphatic rings. The Bertz CT molecular complexity index is 469. The first-order valence-electron chi connectivity index (χ1n) is 7.16. The number of nitrogens with two attached hydrogens (primary N) is 1. The number of anilines is 2. The second kappa shape index (κ2) is 5.93. The molecule has 0 radical (unpaired) electrons. The summed E-state index contributed by atoms with van der Waals surface area (Å²) in [4.78, 5) is 9.12. The number of hydrazine groups is 1. The van der Waals surface area contributed by atoms with Gasteiger partial charge in [0, 0.05) is 30.2 Å². The summed E-state index contributed by atoms with van der Waals surface area (Å²) in [5.74, 6) is 8.16. The number of ether oxygens (including phenoxy) is 1. The van der Waals surface area contributed by atoms with E-state index in [4.69, 9.17) is 10.6 Å². The lowest BCUT2D eigenvalue weighted by atomic mass is 9.92. The van der Waals surface area contributed by atoms with Crippen LogP contribution in [0.5, 0.6) is 0 Å². The van der Waals surface area contributed by atoms with Crippen molar-refractivity contribution in [3.63, 3.8) is 0 Å². The van der Waals surface area contributed by atoms with Crippen LogP contribution in [0.3, 0.4) is 0 Å². The van der Waals surface area contributed by atoms with E-state index >= 15 is 0 Å². The molecular formula is C14H25N5O. The molecular weight excluding hydrogens is 254 g/mol. The summed E-state index contributed by atoms with van der Waals surface area (Å²) >= 11 is 0. The van der Waals surface area contributed by atoms with E-state index in [1.807, 2.05) is 6.92 Å². The van der Waals surface area contributed by atoms with Gasteiger partial charge in [-0.05, 0) is 26.7 Å². The lowest BCUT2D eigenvalue weighted by Crippen LogP contribution is -2.41. The maximum atomic E-state index is 5.57. The maximum absolute atomic E-state index is 5.57. The van der Waals surface area contributed by atoms with Gasteiger partial charge in [-0.25, -0.2) is 15.8 Å². The predicted molar refractivity (Wildman–Crippen MR) is 80.7 cm³/mol. The highest BCUT2D eigenvalue weighted by Gasteiger charge is 2.28. The van der Waals surface area contributed by atoms with Crippen LogP contribution in [0.15, 0.2) is 0 Å². The first-order valence-corrected chi connectivity index (χ1v) is 7.16. The van der Waals surface area contributed by atoms with Crippen LogP contribution in [0.4, 0.5) is 11.6 Å². The molecule has 0 bridgehead atoms. The van der Waals surface area contributed by atoms with Crippen molar-refractivity contribution in [2.45, 2.75) is 52.0 Å². The molecule has 0 atom stereocenters. The van der Waals surface area contributed by atoms with Crippen molar-refractivity contribution in [1.82, 2.24) is 9.97 Å². The molecule has 6 heteroatoms. The molecule has 0 amide bonds. The van der Waals surface area contributed by atoms with Crippen molar-refractivity contribution < 1.29 is 4.74 Å². The Kier molecular flexibility index (Phi) is 4.45. The molecule has 2 rings (SSSR count). The largest absolute Gasteiger partial charge is 0.381 e. The Morgan fingerprint density at radius 1 is 1.20 bits per heavy atom. The van der Waals surface area contributed by atoms with Crippen molar-refractivity contribution in [2.75, 3.05) is 24.0 Å². The minimum absolute atomic E-state index is 0.0114. The SMILES string of the molecule is Cc1c(NN)nc(C(C)C)nc1NC1(C)CCOCC1. The second-order valence-corrected chi connectivity index (χ2v) is 6.00. The highest BCUT2D eigenvalue weighted by Crippen LogP contribution is 2.29. The fourth-order valence-corrected chi connectivity index (χ4v) is 2.29. The Labute approximate surface area is 120 Å². The molecule has 1 saturated heterocycles. The molecule has 20 heavy (non-hydrogen) atoms. The summed E-state index contributed by atoms with van der Waals surface area (Å²) in [5.41, 5.74) is 3.62. The molecule has 112 valence electrons. The van der Waals surface area contributed by atoms with E-state index in [2.05, 4.69) is 41.5 Å². The number of aromatic nitrogens is 2. The van der Waals surface area contributed by atoms with Crippen LogP contribution < -0.4 is 16.6 Å². The highest BCUT2D eigenvalue weighted by atomic mass is 16.5. The Balaban J connectivity index is 2.32. The van der Waals surface area contributed by atoms with E-state index in [0.717, 1.165) is 43.3 Å². The first-order chi connectivity index (χ1) is 9.45. The van der Waals surface area contributed by atoms with Crippen LogP contribution in [0.25, 0.3) is 0 Å². The topological polar surface area (TPSA) is 85.1 Å². The van der Waals surface area contributed by atoms with Crippen molar-refractivity contribution in [2.24, 2.45) is 5.84 Å². The zero-order valence-corrected chi connectivity index (χ0v) is 12.8. The predicted octanol–water partition coefficient (Wildman–Crippen LogP) is 2.18. The normalized spacial score (nSPS) is 18.1. The van der Waals surface area contributed by atoms with Gasteiger partial charge in [0.2, 0.25) is 0 Å². The summed E-state index contributed by atoms with van der Waals surface area (Å²) in [6.07, 6.45) is 1.94. The van der Waals surface area contributed by atoms with Gasteiger partial charge in [0.15, 0.2) is 0 Å². The summed E-state index contributed by atoms with van der Waals surface area (Å²) in [7, 11) is 0. The van der Waals surface area contributed by atoms with Crippen LogP contribution in [-0.4, -0.2) is 28.7 Å². The molecule has 1 aromatic heterocycles. The third-order valence-corrected chi connectivity index (χ3v) is 3.83. The van der Waals surface area contributed by atoms with E-state index < -0.39 is 0 Å². The maximum Gasteiger partial charge on any atom is 0.148 e. The monoisotopic (exact) mass is 279 g/mol. The van der Waals surface area contributed by atoms with Crippen LogP contribution in [0.2, 0.25) is 0 Å². The number of hydrogen-bond acceptors (Lipinski definition) is 6. The van der Waals surface area contributed by atoms with E-state index in [1.54, 1.807) is 0 Å². The average Bonchev–Trinajstić information content (AvgIpc) is 2.41. The molecule has 0 spiro atoms. The molecule has 4 N–H and O–H groups in total. The average molecular weight is 279 g/mol. The van der Waals surface area contributed by atoms with Gasteiger partial charge in [-0.15, -0.1) is 0 Å². The van der Waals surface area contributed by atoms with E-state index in [1.165, 1.54) is 0 Å². The van der Waals surface area contributed by atoms with Crippen molar-refractivity contribution >= 4 is 11.6 Å². The van der Waals surface area contributed by atoms with Crippen LogP contribution in [0, 0.1) is 6.92 Å². The lowest BCUT2D eigenvalue weighted by molar-refractivity contribution is 0.0657. The molecule has 1 aromatic rings. The summed E-state index contributed by atoms with van der Waals surface area (Å²) in [5, 5.41) is 3.57. The van der Waals surface area contributed by atoms with Crippen molar-refractivity contribution in [3.8, 4) is 0 Å². The zero-order valence-electron chi connectivity index (χ0n) is 12.8. The van der Waals surface area contributed by atoms with Gasteiger partial charge in [0.25, 0.3) is 0 Å². The van der Waals surface area contributed by atoms with Gasteiger partial charge in [-0.3, -0.25) is 0 Å². The molecule has 1 fully saturated rings. The molecule has 2 heterocycles. The Hall–Kier alpha value is -1.40. The van der Waals surface area contributed by atoms with E-state index in [9.17, 15) is 0 Å². The molecule has 0 aromatic carbocycles. The van der Waals surface area contributed by atoms with Crippen LogP contribution in [-0.2, 0) is 4.74 Å². The fraction of sp³-hybridized carbons (Fsp3) is 0.714. The summed E-state index contributed by atoms with van der Waals surface area (Å²) in [6, 6.07) is 0. The first kappa shape index (κ1) is 15.0. The smallest absolute Gasteiger partial charge is 0.148 e. The molecule has 1 aliphatic heterocycles. The van der Waals surface area contributed by atoms with Gasteiger partial charge in [-0.2, -0.15) is 0 Å². The molecule has 6 nitrogen and oxygen atoms in total. The van der Waals surface area contributed by atoms with Gasteiger partial charge in [0.1, 0.15) is 17.5 Å². The van der Waals surface area contributed by atoms with Crippen LogP contribution >= 0.6 is 0 Å². The number of nitrogens with one attached hydrogen (secondary N) is 2. The van der Waals surface area contributed by atoms with Gasteiger partial charge in [0.05, 0.1) is 0 Å². The number of nitrogen functional groups attached to an aromatic ring is 1. The number of rotatable bonds is 4. The Morgan fingerprint density at radius 2 is 1.80 bits per heavy atom. The lowest BCUT2D eigenvalue weighted by Gasteiger charge is -2.35. The minimum atomic E-state index is 0.0114. The van der Waals surface area contributed by atoms with Crippen LogP contribution in [0.1, 0.15) is 50.9 Å². The van der Waals surface area contributed by atoms with Crippen molar-refractivity contribution in [1.29, 1.82) is 0 Å².